The molecule has 0 atom stereocenters. The molecule has 1 aromatic carbocycles. The molecule has 2 heteroatoms. The van der Waals surface area contributed by atoms with Crippen molar-refractivity contribution in [2.45, 2.75) is 27.7 Å². The highest BCUT2D eigenvalue weighted by molar-refractivity contribution is 5.23. The van der Waals surface area contributed by atoms with E-state index in [4.69, 9.17) is 5.11 Å². The topological polar surface area (TPSA) is 32.3 Å². The van der Waals surface area contributed by atoms with Gasteiger partial charge in [-0.1, -0.05) is 38.1 Å². The van der Waals surface area contributed by atoms with Crippen LogP contribution in [0.3, 0.4) is 0 Å². The highest BCUT2D eigenvalue weighted by atomic mass is 16.3. The van der Waals surface area contributed by atoms with Gasteiger partial charge in [0.05, 0.1) is 6.73 Å². The minimum Gasteiger partial charge on any atom is -0.381 e. The lowest BCUT2D eigenvalue weighted by Crippen LogP contribution is -2.04. The van der Waals surface area contributed by atoms with Crippen molar-refractivity contribution in [1.82, 2.24) is 5.32 Å². The van der Waals surface area contributed by atoms with Gasteiger partial charge in [-0.05, 0) is 32.0 Å². The molecule has 0 spiro atoms. The molecule has 0 radical (unpaired) electrons. The van der Waals surface area contributed by atoms with E-state index in [0.29, 0.717) is 0 Å². The van der Waals surface area contributed by atoms with Gasteiger partial charge in [-0.15, -0.1) is 0 Å². The normalized spacial score (nSPS) is 7.86. The van der Waals surface area contributed by atoms with E-state index in [9.17, 15) is 0 Å². The van der Waals surface area contributed by atoms with E-state index in [-0.39, 0.29) is 6.73 Å². The van der Waals surface area contributed by atoms with Crippen LogP contribution in [0.5, 0.6) is 0 Å². The van der Waals surface area contributed by atoms with E-state index in [0.717, 1.165) is 0 Å². The standard InChI is InChI=1S/C8H10.C2H7NO.C2H6/c1-7-5-3-4-6-8(7)2;1-3-2-4;1-2/h3-6H,1-2H3;3-4H,2H2,1H3;1-2H3. The smallest absolute Gasteiger partial charge is 0.0929 e. The number of benzene rings is 1. The van der Waals surface area contributed by atoms with Gasteiger partial charge in [-0.3, -0.25) is 5.32 Å². The molecule has 82 valence electrons. The molecular weight excluding hydrogens is 174 g/mol. The molecule has 0 aliphatic rings. The molecule has 0 fully saturated rings. The second-order valence-corrected chi connectivity index (χ2v) is 2.60. The highest BCUT2D eigenvalue weighted by Crippen LogP contribution is 2.02. The summed E-state index contributed by atoms with van der Waals surface area (Å²) in [4.78, 5) is 0. The molecule has 2 N–H and O–H groups in total. The molecule has 0 amide bonds. The van der Waals surface area contributed by atoms with E-state index in [1.54, 1.807) is 7.05 Å². The Hall–Kier alpha value is -0.860. The largest absolute Gasteiger partial charge is 0.381 e. The Morgan fingerprint density at radius 1 is 1.07 bits per heavy atom. The van der Waals surface area contributed by atoms with Gasteiger partial charge in [-0.2, -0.15) is 0 Å². The molecule has 0 heterocycles. The minimum atomic E-state index is 0.0694. The van der Waals surface area contributed by atoms with Crippen molar-refractivity contribution in [2.75, 3.05) is 13.8 Å². The minimum absolute atomic E-state index is 0.0694. The number of nitrogens with one attached hydrogen (secondary N) is 1. The Balaban J connectivity index is 0. The lowest BCUT2D eigenvalue weighted by Gasteiger charge is -1.93. The predicted molar refractivity (Wildman–Crippen MR) is 63.4 cm³/mol. The zero-order valence-corrected chi connectivity index (χ0v) is 9.96. The van der Waals surface area contributed by atoms with Crippen LogP contribution < -0.4 is 5.32 Å². The summed E-state index contributed by atoms with van der Waals surface area (Å²) in [5.41, 5.74) is 2.74. The SMILES string of the molecule is CC.CNCO.Cc1ccccc1C. The van der Waals surface area contributed by atoms with Crippen LogP contribution in [-0.2, 0) is 0 Å². The van der Waals surface area contributed by atoms with Gasteiger partial charge >= 0.3 is 0 Å². The van der Waals surface area contributed by atoms with Crippen molar-refractivity contribution in [3.8, 4) is 0 Å². The molecule has 0 saturated heterocycles. The maximum Gasteiger partial charge on any atom is 0.0929 e. The van der Waals surface area contributed by atoms with E-state index >= 15 is 0 Å². The third-order valence-electron chi connectivity index (χ3n) is 1.58. The van der Waals surface area contributed by atoms with Crippen molar-refractivity contribution < 1.29 is 5.11 Å². The maximum absolute atomic E-state index is 7.76. The predicted octanol–water partition coefficient (Wildman–Crippen LogP) is 2.49. The van der Waals surface area contributed by atoms with Crippen molar-refractivity contribution in [3.05, 3.63) is 35.4 Å². The Morgan fingerprint density at radius 2 is 1.36 bits per heavy atom. The van der Waals surface area contributed by atoms with Crippen LogP contribution in [0.2, 0.25) is 0 Å². The first-order valence-electron chi connectivity index (χ1n) is 5.00. The first kappa shape index (κ1) is 15.6. The Morgan fingerprint density at radius 3 is 1.50 bits per heavy atom. The third kappa shape index (κ3) is 9.23. The number of aryl methyl sites for hydroxylation is 2. The van der Waals surface area contributed by atoms with Crippen LogP contribution in [0, 0.1) is 13.8 Å². The number of hydrogen-bond donors (Lipinski definition) is 2. The Kier molecular flexibility index (Phi) is 13.5. The molecule has 1 aromatic rings. The molecule has 0 bridgehead atoms. The second-order valence-electron chi connectivity index (χ2n) is 2.60. The summed E-state index contributed by atoms with van der Waals surface area (Å²) < 4.78 is 0. The van der Waals surface area contributed by atoms with Crippen molar-refractivity contribution in [3.63, 3.8) is 0 Å². The average molecular weight is 197 g/mol. The van der Waals surface area contributed by atoms with E-state index < -0.39 is 0 Å². The van der Waals surface area contributed by atoms with Crippen molar-refractivity contribution in [2.24, 2.45) is 0 Å². The zero-order chi connectivity index (χ0) is 11.4. The summed E-state index contributed by atoms with van der Waals surface area (Å²) in [7, 11) is 1.68. The Labute approximate surface area is 88.0 Å². The number of aliphatic hydroxyl groups excluding tert-OH is 1. The van der Waals surface area contributed by atoms with Crippen LogP contribution in [0.15, 0.2) is 24.3 Å². The molecule has 0 unspecified atom stereocenters. The zero-order valence-electron chi connectivity index (χ0n) is 9.96. The molecule has 0 aliphatic heterocycles. The van der Waals surface area contributed by atoms with E-state index in [2.05, 4.69) is 43.4 Å². The summed E-state index contributed by atoms with van der Waals surface area (Å²) in [6.07, 6.45) is 0. The molecule has 0 aromatic heterocycles. The lowest BCUT2D eigenvalue weighted by molar-refractivity contribution is 0.273. The fraction of sp³-hybridized carbons (Fsp3) is 0.500. The summed E-state index contributed by atoms with van der Waals surface area (Å²) in [6.45, 7) is 8.31. The number of aliphatic hydroxyl groups is 1. The third-order valence-corrected chi connectivity index (χ3v) is 1.58. The highest BCUT2D eigenvalue weighted by Gasteiger charge is 1.83. The molecule has 1 rings (SSSR count). The van der Waals surface area contributed by atoms with Gasteiger partial charge in [0.15, 0.2) is 0 Å². The molecule has 14 heavy (non-hydrogen) atoms. The maximum atomic E-state index is 7.76. The van der Waals surface area contributed by atoms with Crippen LogP contribution >= 0.6 is 0 Å². The van der Waals surface area contributed by atoms with Crippen molar-refractivity contribution in [1.29, 1.82) is 0 Å². The van der Waals surface area contributed by atoms with Gasteiger partial charge < -0.3 is 5.11 Å². The fourth-order valence-corrected chi connectivity index (χ4v) is 0.663. The first-order valence-corrected chi connectivity index (χ1v) is 5.00. The molecular formula is C12H23NO. The van der Waals surface area contributed by atoms with Gasteiger partial charge in [0.2, 0.25) is 0 Å². The lowest BCUT2D eigenvalue weighted by atomic mass is 10.1. The first-order chi connectivity index (χ1) is 6.72. The van der Waals surface area contributed by atoms with Gasteiger partial charge in [0.25, 0.3) is 0 Å². The van der Waals surface area contributed by atoms with Crippen LogP contribution in [-0.4, -0.2) is 18.9 Å². The summed E-state index contributed by atoms with van der Waals surface area (Å²) in [5.74, 6) is 0. The molecule has 0 aliphatic carbocycles. The average Bonchev–Trinajstić information content (AvgIpc) is 2.26. The fourth-order valence-electron chi connectivity index (χ4n) is 0.663. The van der Waals surface area contributed by atoms with Crippen LogP contribution in [0.1, 0.15) is 25.0 Å². The summed E-state index contributed by atoms with van der Waals surface area (Å²) in [5, 5.41) is 10.2. The van der Waals surface area contributed by atoms with E-state index in [1.165, 1.54) is 11.1 Å². The van der Waals surface area contributed by atoms with Crippen molar-refractivity contribution >= 4 is 0 Å². The van der Waals surface area contributed by atoms with Gasteiger partial charge in [0, 0.05) is 0 Å². The summed E-state index contributed by atoms with van der Waals surface area (Å²) >= 11 is 0. The quantitative estimate of drug-likeness (QED) is 0.678. The molecule has 0 saturated carbocycles. The van der Waals surface area contributed by atoms with Crippen LogP contribution in [0.4, 0.5) is 0 Å². The number of hydrogen-bond acceptors (Lipinski definition) is 2. The second kappa shape index (κ2) is 12.1. The number of rotatable bonds is 1. The van der Waals surface area contributed by atoms with E-state index in [1.807, 2.05) is 13.8 Å². The van der Waals surface area contributed by atoms with Gasteiger partial charge in [-0.25, -0.2) is 0 Å². The van der Waals surface area contributed by atoms with Crippen LogP contribution in [0.25, 0.3) is 0 Å². The summed E-state index contributed by atoms with van der Waals surface area (Å²) in [6, 6.07) is 8.36. The molecule has 2 nitrogen and oxygen atoms in total. The monoisotopic (exact) mass is 197 g/mol. The Bertz CT molecular complexity index is 188. The van der Waals surface area contributed by atoms with Gasteiger partial charge in [0.1, 0.15) is 0 Å².